The molecule has 3 heterocycles. The van der Waals surface area contributed by atoms with E-state index in [1.165, 1.54) is 31.3 Å². The van der Waals surface area contributed by atoms with Gasteiger partial charge in [-0.05, 0) is 80.1 Å². The third-order valence-electron chi connectivity index (χ3n) is 9.74. The summed E-state index contributed by atoms with van der Waals surface area (Å²) in [7, 11) is 1.24. The number of benzene rings is 3. The number of alkyl halides is 6. The number of hydrogen-bond donors (Lipinski definition) is 2. The number of allylic oxidation sites excluding steroid dienone is 1. The molecule has 3 aromatic carbocycles. The molecular weight excluding hydrogens is 826 g/mol. The van der Waals surface area contributed by atoms with Gasteiger partial charge in [-0.2, -0.15) is 31.4 Å². The summed E-state index contributed by atoms with van der Waals surface area (Å²) >= 11 is 5.82. The Morgan fingerprint density at radius 1 is 0.817 bits per heavy atom. The van der Waals surface area contributed by atoms with Gasteiger partial charge in [-0.15, -0.1) is 0 Å². The van der Waals surface area contributed by atoms with Gasteiger partial charge in [0, 0.05) is 24.9 Å². The number of phenols is 1. The lowest BCUT2D eigenvalue weighted by atomic mass is 9.97. The summed E-state index contributed by atoms with van der Waals surface area (Å²) in [4.78, 5) is 39.8. The molecule has 12 nitrogen and oxygen atoms in total. The number of unbranched alkanes of at least 4 members (excludes halogenated alkanes) is 2. The van der Waals surface area contributed by atoms with Crippen molar-refractivity contribution in [2.75, 3.05) is 39.6 Å². The van der Waals surface area contributed by atoms with Crippen LogP contribution in [-0.2, 0) is 33.7 Å². The Hall–Kier alpha value is -5.59. The number of hydrogen-bond acceptors (Lipinski definition) is 9. The fourth-order valence-corrected chi connectivity index (χ4v) is 7.04. The van der Waals surface area contributed by atoms with Crippen LogP contribution >= 0.6 is 11.6 Å². The van der Waals surface area contributed by atoms with Crippen molar-refractivity contribution < 1.29 is 64.8 Å². The number of aryl methyl sites for hydroxylation is 1. The van der Waals surface area contributed by atoms with Crippen LogP contribution in [0.5, 0.6) is 17.2 Å². The van der Waals surface area contributed by atoms with Crippen LogP contribution in [0.25, 0.3) is 22.4 Å². The van der Waals surface area contributed by atoms with Crippen molar-refractivity contribution in [1.29, 1.82) is 0 Å². The average Bonchev–Trinajstić information content (AvgIpc) is 3.70. The first-order valence-electron chi connectivity index (χ1n) is 18.7. The summed E-state index contributed by atoms with van der Waals surface area (Å²) in [5.74, 6) is -2.03. The minimum atomic E-state index is -4.83. The van der Waals surface area contributed by atoms with E-state index in [9.17, 15) is 45.8 Å². The second-order valence-electron chi connectivity index (χ2n) is 13.9. The number of nitrogens with zero attached hydrogens (tertiary/aromatic N) is 3. The van der Waals surface area contributed by atoms with Gasteiger partial charge in [0.2, 0.25) is 5.91 Å². The SMILES string of the molecule is C=C1CCC(N2C(=O)c3cccc(OCCOCCOCCCCCOc4ccc(-c5cc(C(F)(F)F)nn5C)c(O)c4-c4ccc(Cl)c(C(F)(F)F)c4)c3C2=O)C(=O)N1. The second-order valence-corrected chi connectivity index (χ2v) is 14.3. The number of piperidine rings is 1. The van der Waals surface area contributed by atoms with Gasteiger partial charge >= 0.3 is 12.4 Å². The number of nitrogens with one attached hydrogen (secondary N) is 1. The van der Waals surface area contributed by atoms with Crippen LogP contribution in [-0.4, -0.2) is 83.2 Å². The molecule has 1 aromatic heterocycles. The van der Waals surface area contributed by atoms with Crippen LogP contribution in [0, 0.1) is 0 Å². The van der Waals surface area contributed by atoms with Gasteiger partial charge in [0.1, 0.15) is 29.9 Å². The highest BCUT2D eigenvalue weighted by molar-refractivity contribution is 6.31. The van der Waals surface area contributed by atoms with Gasteiger partial charge < -0.3 is 29.4 Å². The van der Waals surface area contributed by atoms with E-state index in [0.717, 1.165) is 27.8 Å². The van der Waals surface area contributed by atoms with E-state index in [4.69, 9.17) is 30.5 Å². The van der Waals surface area contributed by atoms with Crippen LogP contribution in [0.2, 0.25) is 5.02 Å². The summed E-state index contributed by atoms with van der Waals surface area (Å²) in [5.41, 5.74) is -2.14. The summed E-state index contributed by atoms with van der Waals surface area (Å²) in [5, 5.41) is 16.8. The maximum absolute atomic E-state index is 13.8. The number of fused-ring (bicyclic) bond motifs is 1. The number of aromatic nitrogens is 2. The zero-order valence-electron chi connectivity index (χ0n) is 32.1. The van der Waals surface area contributed by atoms with Gasteiger partial charge in [-0.3, -0.25) is 24.0 Å². The molecule has 1 fully saturated rings. The molecule has 2 aliphatic heterocycles. The maximum Gasteiger partial charge on any atom is 0.435 e. The Morgan fingerprint density at radius 2 is 1.50 bits per heavy atom. The smallest absolute Gasteiger partial charge is 0.435 e. The Morgan fingerprint density at radius 3 is 2.20 bits per heavy atom. The molecule has 0 aliphatic carbocycles. The summed E-state index contributed by atoms with van der Waals surface area (Å²) in [6.07, 6.45) is -7.14. The van der Waals surface area contributed by atoms with Gasteiger partial charge in [0.05, 0.1) is 59.4 Å². The zero-order valence-corrected chi connectivity index (χ0v) is 32.8. The average molecular weight is 865 g/mol. The first-order valence-corrected chi connectivity index (χ1v) is 19.1. The standard InChI is InChI=1S/C41H39ClF6N4O8/c1-23-9-13-29(37(54)49-23)52-38(55)26-7-6-8-31(35(26)39(52)56)60-20-19-58-18-17-57-15-4-3-5-16-59-32-14-11-25(30-22-33(41(46,47)48)50-51(30)2)36(53)34(32)24-10-12-28(42)27(21-24)40(43,44)45/h6-8,10-12,14,21-22,29,53H,1,3-5,9,13,15-20H2,2H3,(H,49,54). The van der Waals surface area contributed by atoms with Crippen LogP contribution in [0.3, 0.4) is 0 Å². The van der Waals surface area contributed by atoms with Crippen molar-refractivity contribution in [2.24, 2.45) is 7.05 Å². The normalized spacial score (nSPS) is 15.7. The minimum absolute atomic E-state index is 0.00129. The molecule has 320 valence electrons. The highest BCUT2D eigenvalue weighted by Crippen LogP contribution is 2.47. The van der Waals surface area contributed by atoms with E-state index in [1.807, 2.05) is 0 Å². The molecular formula is C41H39ClF6N4O8. The number of ether oxygens (including phenoxy) is 4. The molecule has 0 saturated carbocycles. The summed E-state index contributed by atoms with van der Waals surface area (Å²) < 4.78 is 105. The Bertz CT molecular complexity index is 2280. The molecule has 0 spiro atoms. The highest BCUT2D eigenvalue weighted by Gasteiger charge is 2.45. The fourth-order valence-electron chi connectivity index (χ4n) is 6.82. The lowest BCUT2D eigenvalue weighted by Crippen LogP contribution is -2.51. The third kappa shape index (κ3) is 9.71. The van der Waals surface area contributed by atoms with Gasteiger partial charge in [-0.1, -0.05) is 30.3 Å². The Labute approximate surface area is 344 Å². The van der Waals surface area contributed by atoms with Gasteiger partial charge in [-0.25, -0.2) is 0 Å². The molecule has 0 bridgehead atoms. The molecule has 1 unspecified atom stereocenters. The van der Waals surface area contributed by atoms with Crippen LogP contribution in [0.1, 0.15) is 64.1 Å². The van der Waals surface area contributed by atoms with Crippen molar-refractivity contribution in [3.05, 3.63) is 94.3 Å². The van der Waals surface area contributed by atoms with Crippen LogP contribution < -0.4 is 14.8 Å². The predicted molar refractivity (Wildman–Crippen MR) is 204 cm³/mol. The monoisotopic (exact) mass is 864 g/mol. The molecule has 2 aliphatic rings. The van der Waals surface area contributed by atoms with E-state index in [-0.39, 0.29) is 84.5 Å². The van der Waals surface area contributed by atoms with E-state index < -0.39 is 58.1 Å². The van der Waals surface area contributed by atoms with Crippen molar-refractivity contribution in [3.63, 3.8) is 0 Å². The molecule has 1 saturated heterocycles. The largest absolute Gasteiger partial charge is 0.506 e. The first kappa shape index (κ1) is 44.0. The highest BCUT2D eigenvalue weighted by atomic mass is 35.5. The maximum atomic E-state index is 13.8. The number of carbonyl (C=O) groups is 3. The third-order valence-corrected chi connectivity index (χ3v) is 10.1. The molecule has 1 atom stereocenters. The molecule has 6 rings (SSSR count). The summed E-state index contributed by atoms with van der Waals surface area (Å²) in [6.45, 7) is 4.95. The minimum Gasteiger partial charge on any atom is -0.506 e. The van der Waals surface area contributed by atoms with Crippen molar-refractivity contribution in [1.82, 2.24) is 20.0 Å². The first-order chi connectivity index (χ1) is 28.5. The van der Waals surface area contributed by atoms with E-state index in [1.54, 1.807) is 12.1 Å². The van der Waals surface area contributed by atoms with E-state index >= 15 is 0 Å². The van der Waals surface area contributed by atoms with Crippen LogP contribution in [0.4, 0.5) is 26.3 Å². The van der Waals surface area contributed by atoms with Crippen molar-refractivity contribution >= 4 is 29.3 Å². The number of phenolic OH excluding ortho intramolecular Hbond substituents is 1. The molecule has 19 heteroatoms. The predicted octanol–water partition coefficient (Wildman–Crippen LogP) is 8.20. The van der Waals surface area contributed by atoms with Crippen molar-refractivity contribution in [3.8, 4) is 39.6 Å². The number of aromatic hydroxyl groups is 1. The number of carbonyl (C=O) groups excluding carboxylic acids is 3. The molecule has 2 N–H and O–H groups in total. The second kappa shape index (κ2) is 18.4. The zero-order chi connectivity index (χ0) is 43.4. The molecule has 4 aromatic rings. The lowest BCUT2D eigenvalue weighted by Gasteiger charge is -2.29. The van der Waals surface area contributed by atoms with Crippen LogP contribution in [0.15, 0.2) is 66.9 Å². The Kier molecular flexibility index (Phi) is 13.5. The van der Waals surface area contributed by atoms with Gasteiger partial charge in [0.15, 0.2) is 5.69 Å². The lowest BCUT2D eigenvalue weighted by molar-refractivity contribution is -0.141. The summed E-state index contributed by atoms with van der Waals surface area (Å²) in [6, 6.07) is 10.1. The number of imide groups is 1. The molecule has 0 radical (unpaired) electrons. The molecule has 3 amide bonds. The van der Waals surface area contributed by atoms with E-state index in [0.29, 0.717) is 38.0 Å². The molecule has 60 heavy (non-hydrogen) atoms. The van der Waals surface area contributed by atoms with E-state index in [2.05, 4.69) is 17.0 Å². The van der Waals surface area contributed by atoms with Gasteiger partial charge in [0.25, 0.3) is 11.8 Å². The Balaban J connectivity index is 0.949. The topological polar surface area (TPSA) is 141 Å². The number of amides is 3. The number of rotatable bonds is 17. The fraction of sp³-hybridized carbons (Fsp3) is 0.366. The number of halogens is 7. The quantitative estimate of drug-likeness (QED) is 0.0611. The van der Waals surface area contributed by atoms with Crippen molar-refractivity contribution in [2.45, 2.75) is 50.5 Å².